The summed E-state index contributed by atoms with van der Waals surface area (Å²) in [4.78, 5) is 19.5. The van der Waals surface area contributed by atoms with E-state index in [1.807, 2.05) is 0 Å². The van der Waals surface area contributed by atoms with Gasteiger partial charge in [0.2, 0.25) is 0 Å². The Kier molecular flexibility index (Phi) is 3.96. The highest BCUT2D eigenvalue weighted by atomic mass is 16.1. The number of hydrogen-bond donors (Lipinski definition) is 2. The van der Waals surface area contributed by atoms with Gasteiger partial charge in [-0.25, -0.2) is 4.98 Å². The number of rotatable bonds is 5. The molecule has 0 radical (unpaired) electrons. The Morgan fingerprint density at radius 3 is 3.19 bits per heavy atom. The average molecular weight is 220 g/mol. The molecule has 0 spiro atoms. The maximum absolute atomic E-state index is 11.6. The van der Waals surface area contributed by atoms with Gasteiger partial charge >= 0.3 is 0 Å². The van der Waals surface area contributed by atoms with Crippen LogP contribution in [0.1, 0.15) is 23.3 Å². The second kappa shape index (κ2) is 5.67. The van der Waals surface area contributed by atoms with Crippen molar-refractivity contribution in [2.45, 2.75) is 18.9 Å². The second-order valence-electron chi connectivity index (χ2n) is 3.94. The van der Waals surface area contributed by atoms with Crippen molar-refractivity contribution in [1.29, 1.82) is 0 Å². The molecule has 86 valence electrons. The van der Waals surface area contributed by atoms with E-state index in [1.54, 1.807) is 6.20 Å². The molecule has 2 rings (SSSR count). The topological polar surface area (TPSA) is 66.9 Å². The zero-order valence-corrected chi connectivity index (χ0v) is 9.15. The minimum Gasteiger partial charge on any atom is -0.313 e. The van der Waals surface area contributed by atoms with Crippen LogP contribution in [0.4, 0.5) is 0 Å². The fourth-order valence-electron chi connectivity index (χ4n) is 1.82. The van der Waals surface area contributed by atoms with Gasteiger partial charge in [0.25, 0.3) is 0 Å². The number of carbonyl (C=O) groups excluding carboxylic acids is 1. The molecule has 16 heavy (non-hydrogen) atoms. The summed E-state index contributed by atoms with van der Waals surface area (Å²) in [6.45, 7) is 2.26. The molecule has 0 bridgehead atoms. The summed E-state index contributed by atoms with van der Waals surface area (Å²) < 4.78 is 0. The predicted octanol–water partition coefficient (Wildman–Crippen LogP) is 0.000900. The summed E-state index contributed by atoms with van der Waals surface area (Å²) >= 11 is 0. The fraction of sp³-hybridized carbons (Fsp3) is 0.545. The van der Waals surface area contributed by atoms with Crippen LogP contribution in [0.25, 0.3) is 0 Å². The van der Waals surface area contributed by atoms with Gasteiger partial charge in [-0.1, -0.05) is 0 Å². The van der Waals surface area contributed by atoms with Crippen molar-refractivity contribution in [1.82, 2.24) is 20.6 Å². The van der Waals surface area contributed by atoms with Gasteiger partial charge < -0.3 is 10.6 Å². The molecule has 0 saturated carbocycles. The first-order chi connectivity index (χ1) is 7.86. The first-order valence-corrected chi connectivity index (χ1v) is 5.59. The smallest absolute Gasteiger partial charge is 0.196 e. The Morgan fingerprint density at radius 1 is 1.56 bits per heavy atom. The third kappa shape index (κ3) is 3.08. The molecular formula is C11H16N4O. The lowest BCUT2D eigenvalue weighted by Crippen LogP contribution is -2.36. The Balaban J connectivity index is 1.71. The Morgan fingerprint density at radius 2 is 2.50 bits per heavy atom. The summed E-state index contributed by atoms with van der Waals surface area (Å²) in [5.41, 5.74) is 0.425. The molecule has 1 fully saturated rings. The molecule has 1 aromatic rings. The molecule has 1 aliphatic heterocycles. The first kappa shape index (κ1) is 11.2. The first-order valence-electron chi connectivity index (χ1n) is 5.59. The summed E-state index contributed by atoms with van der Waals surface area (Å²) in [6, 6.07) is 0.509. The van der Waals surface area contributed by atoms with E-state index in [9.17, 15) is 4.79 Å². The number of nitrogens with one attached hydrogen (secondary N) is 2. The zero-order chi connectivity index (χ0) is 11.2. The van der Waals surface area contributed by atoms with Gasteiger partial charge in [-0.15, -0.1) is 0 Å². The van der Waals surface area contributed by atoms with E-state index in [0.29, 0.717) is 18.3 Å². The standard InChI is InChI=1S/C11H16N4O/c16-11(10-7-12-4-5-15-10)8-13-6-9-2-1-3-14-9/h4-5,7,9,13-14H,1-3,6,8H2. The SMILES string of the molecule is O=C(CNCC1CCCN1)c1cnccn1. The number of nitrogens with zero attached hydrogens (tertiary/aromatic N) is 2. The molecule has 1 aliphatic rings. The average Bonchev–Trinajstić information content (AvgIpc) is 2.83. The summed E-state index contributed by atoms with van der Waals surface area (Å²) in [5, 5.41) is 6.51. The monoisotopic (exact) mass is 220 g/mol. The molecule has 1 saturated heterocycles. The van der Waals surface area contributed by atoms with Crippen LogP contribution in [0.3, 0.4) is 0 Å². The van der Waals surface area contributed by atoms with Crippen molar-refractivity contribution < 1.29 is 4.79 Å². The van der Waals surface area contributed by atoms with E-state index in [4.69, 9.17) is 0 Å². The number of Topliss-reactive ketones (excluding diaryl/α,β-unsaturated/α-hetero) is 1. The molecule has 1 atom stereocenters. The van der Waals surface area contributed by atoms with Crippen LogP contribution >= 0.6 is 0 Å². The molecule has 0 aromatic carbocycles. The van der Waals surface area contributed by atoms with Crippen LogP contribution in [0.15, 0.2) is 18.6 Å². The van der Waals surface area contributed by atoms with Crippen molar-refractivity contribution >= 4 is 5.78 Å². The van der Waals surface area contributed by atoms with Gasteiger partial charge in [0.15, 0.2) is 5.78 Å². The van der Waals surface area contributed by atoms with Crippen LogP contribution in [0, 0.1) is 0 Å². The zero-order valence-electron chi connectivity index (χ0n) is 9.15. The van der Waals surface area contributed by atoms with Crippen molar-refractivity contribution in [3.63, 3.8) is 0 Å². The van der Waals surface area contributed by atoms with Gasteiger partial charge in [-0.2, -0.15) is 0 Å². The molecule has 2 N–H and O–H groups in total. The van der Waals surface area contributed by atoms with Crippen LogP contribution in [0.2, 0.25) is 0 Å². The van der Waals surface area contributed by atoms with E-state index in [-0.39, 0.29) is 5.78 Å². The summed E-state index contributed by atoms with van der Waals surface area (Å²) in [6.07, 6.45) is 7.01. The molecule has 1 aromatic heterocycles. The van der Waals surface area contributed by atoms with Crippen molar-refractivity contribution in [2.24, 2.45) is 0 Å². The third-order valence-electron chi connectivity index (χ3n) is 2.69. The Bertz CT molecular complexity index is 335. The van der Waals surface area contributed by atoms with E-state index >= 15 is 0 Å². The minimum absolute atomic E-state index is 0.00824. The van der Waals surface area contributed by atoms with Crippen LogP contribution in [0.5, 0.6) is 0 Å². The molecule has 0 amide bonds. The molecular weight excluding hydrogens is 204 g/mol. The van der Waals surface area contributed by atoms with Gasteiger partial charge in [0.1, 0.15) is 5.69 Å². The lowest BCUT2D eigenvalue weighted by molar-refractivity contribution is 0.0985. The molecule has 1 unspecified atom stereocenters. The highest BCUT2D eigenvalue weighted by molar-refractivity contribution is 5.95. The van der Waals surface area contributed by atoms with Gasteiger partial charge in [0.05, 0.1) is 12.7 Å². The minimum atomic E-state index is -0.00824. The lowest BCUT2D eigenvalue weighted by atomic mass is 10.2. The Labute approximate surface area is 94.7 Å². The number of hydrogen-bond acceptors (Lipinski definition) is 5. The number of carbonyl (C=O) groups is 1. The lowest BCUT2D eigenvalue weighted by Gasteiger charge is -2.10. The van der Waals surface area contributed by atoms with Crippen molar-refractivity contribution in [3.05, 3.63) is 24.3 Å². The summed E-state index contributed by atoms with van der Waals surface area (Å²) in [5.74, 6) is -0.00824. The van der Waals surface area contributed by atoms with E-state index in [2.05, 4.69) is 20.6 Å². The summed E-state index contributed by atoms with van der Waals surface area (Å²) in [7, 11) is 0. The second-order valence-corrected chi connectivity index (χ2v) is 3.94. The number of ketones is 1. The molecule has 0 aliphatic carbocycles. The highest BCUT2D eigenvalue weighted by Crippen LogP contribution is 2.02. The Hall–Kier alpha value is -1.33. The van der Waals surface area contributed by atoms with Crippen LogP contribution in [-0.4, -0.2) is 41.4 Å². The molecule has 5 heteroatoms. The van der Waals surface area contributed by atoms with Crippen LogP contribution < -0.4 is 10.6 Å². The molecule has 5 nitrogen and oxygen atoms in total. The van der Waals surface area contributed by atoms with Crippen molar-refractivity contribution in [2.75, 3.05) is 19.6 Å². The van der Waals surface area contributed by atoms with Gasteiger partial charge in [0, 0.05) is 25.0 Å². The van der Waals surface area contributed by atoms with Crippen LogP contribution in [-0.2, 0) is 0 Å². The van der Waals surface area contributed by atoms with Gasteiger partial charge in [-0.3, -0.25) is 9.78 Å². The quantitative estimate of drug-likeness (QED) is 0.684. The fourth-order valence-corrected chi connectivity index (χ4v) is 1.82. The van der Waals surface area contributed by atoms with E-state index in [0.717, 1.165) is 13.1 Å². The van der Waals surface area contributed by atoms with Gasteiger partial charge in [-0.05, 0) is 19.4 Å². The van der Waals surface area contributed by atoms with E-state index in [1.165, 1.54) is 25.2 Å². The van der Waals surface area contributed by atoms with Crippen molar-refractivity contribution in [3.8, 4) is 0 Å². The predicted molar refractivity (Wildman–Crippen MR) is 60.3 cm³/mol. The molecule has 2 heterocycles. The van der Waals surface area contributed by atoms with E-state index < -0.39 is 0 Å². The number of aromatic nitrogens is 2. The highest BCUT2D eigenvalue weighted by Gasteiger charge is 2.14. The largest absolute Gasteiger partial charge is 0.313 e. The third-order valence-corrected chi connectivity index (χ3v) is 2.69. The normalized spacial score (nSPS) is 19.9. The maximum atomic E-state index is 11.6. The maximum Gasteiger partial charge on any atom is 0.196 e.